The third-order valence-electron chi connectivity index (χ3n) is 2.69. The molecule has 1 heterocycles. The summed E-state index contributed by atoms with van der Waals surface area (Å²) >= 11 is 7.28. The number of aromatic amines is 1. The zero-order chi connectivity index (χ0) is 15.4. The van der Waals surface area contributed by atoms with Crippen molar-refractivity contribution in [2.45, 2.75) is 19.6 Å². The molecular weight excluding hydrogens is 308 g/mol. The van der Waals surface area contributed by atoms with Crippen LogP contribution in [0.3, 0.4) is 0 Å². The van der Waals surface area contributed by atoms with Crippen LogP contribution >= 0.6 is 23.4 Å². The Labute approximate surface area is 132 Å². The molecule has 2 aromatic rings. The zero-order valence-electron chi connectivity index (χ0n) is 11.9. The summed E-state index contributed by atoms with van der Waals surface area (Å²) in [5.74, 6) is 1.48. The average Bonchev–Trinajstić information content (AvgIpc) is 2.42. The molecule has 0 amide bonds. The van der Waals surface area contributed by atoms with Gasteiger partial charge in [0.25, 0.3) is 5.56 Å². The van der Waals surface area contributed by atoms with Gasteiger partial charge < -0.3 is 10.7 Å². The van der Waals surface area contributed by atoms with E-state index in [1.165, 1.54) is 11.8 Å². The summed E-state index contributed by atoms with van der Waals surface area (Å²) < 4.78 is 0. The number of halogens is 1. The Morgan fingerprint density at radius 3 is 3.00 bits per heavy atom. The second kappa shape index (κ2) is 6.95. The first-order valence-corrected chi connectivity index (χ1v) is 7.93. The molecule has 0 aliphatic heterocycles. The molecule has 1 aromatic carbocycles. The molecule has 0 spiro atoms. The van der Waals surface area contributed by atoms with Gasteiger partial charge in [0.15, 0.2) is 5.17 Å². The number of benzene rings is 1. The van der Waals surface area contributed by atoms with Crippen LogP contribution < -0.4 is 11.3 Å². The number of rotatable bonds is 4. The quantitative estimate of drug-likeness (QED) is 0.669. The van der Waals surface area contributed by atoms with Gasteiger partial charge in [-0.25, -0.2) is 4.98 Å². The number of nitrogens with zero attached hydrogens (tertiary/aromatic N) is 2. The highest BCUT2D eigenvalue weighted by Crippen LogP contribution is 2.16. The van der Waals surface area contributed by atoms with Gasteiger partial charge in [-0.3, -0.25) is 9.79 Å². The van der Waals surface area contributed by atoms with E-state index in [1.54, 1.807) is 18.2 Å². The maximum absolute atomic E-state index is 12.0. The first kappa shape index (κ1) is 15.9. The predicted octanol–water partition coefficient (Wildman–Crippen LogP) is 2.78. The molecule has 0 unspecified atom stereocenters. The molecule has 7 heteroatoms. The number of hydrogen-bond acceptors (Lipinski definition) is 4. The van der Waals surface area contributed by atoms with Crippen LogP contribution in [0.2, 0.25) is 5.02 Å². The molecule has 0 radical (unpaired) electrons. The Morgan fingerprint density at radius 1 is 1.52 bits per heavy atom. The molecule has 0 aliphatic carbocycles. The van der Waals surface area contributed by atoms with Crippen molar-refractivity contribution in [2.24, 2.45) is 16.6 Å². The summed E-state index contributed by atoms with van der Waals surface area (Å²) in [6.45, 7) is 4.84. The fourth-order valence-electron chi connectivity index (χ4n) is 1.69. The number of nitrogens with two attached hydrogens (primary N) is 1. The summed E-state index contributed by atoms with van der Waals surface area (Å²) in [6, 6.07) is 5.02. The lowest BCUT2D eigenvalue weighted by atomic mass is 10.2. The van der Waals surface area contributed by atoms with Crippen LogP contribution in [-0.4, -0.2) is 21.7 Å². The number of hydrogen-bond donors (Lipinski definition) is 2. The van der Waals surface area contributed by atoms with Gasteiger partial charge in [-0.15, -0.1) is 0 Å². The van der Waals surface area contributed by atoms with Gasteiger partial charge in [0, 0.05) is 11.6 Å². The summed E-state index contributed by atoms with van der Waals surface area (Å²) in [4.78, 5) is 23.4. The molecule has 0 aliphatic rings. The van der Waals surface area contributed by atoms with Gasteiger partial charge >= 0.3 is 0 Å². The number of thioether (sulfide) groups is 1. The first-order valence-electron chi connectivity index (χ1n) is 6.57. The molecule has 0 atom stereocenters. The molecule has 0 saturated heterocycles. The number of amidine groups is 1. The highest BCUT2D eigenvalue weighted by atomic mass is 35.5. The van der Waals surface area contributed by atoms with Crippen LogP contribution in [0, 0.1) is 5.92 Å². The van der Waals surface area contributed by atoms with Gasteiger partial charge in [0.2, 0.25) is 0 Å². The highest BCUT2D eigenvalue weighted by molar-refractivity contribution is 8.13. The second-order valence-electron chi connectivity index (χ2n) is 5.04. The number of fused-ring (bicyclic) bond motifs is 1. The molecule has 112 valence electrons. The van der Waals surface area contributed by atoms with Crippen LogP contribution in [-0.2, 0) is 5.75 Å². The molecule has 3 N–H and O–H groups in total. The van der Waals surface area contributed by atoms with Crippen molar-refractivity contribution in [3.05, 3.63) is 39.4 Å². The first-order chi connectivity index (χ1) is 9.95. The monoisotopic (exact) mass is 324 g/mol. The SMILES string of the molecule is CC(C)CN=C(N)SCc1nc2cc(Cl)ccc2c(=O)[nH]1. The Bertz CT molecular complexity index is 726. The van der Waals surface area contributed by atoms with E-state index in [4.69, 9.17) is 17.3 Å². The predicted molar refractivity (Wildman–Crippen MR) is 90.0 cm³/mol. The maximum atomic E-state index is 12.0. The van der Waals surface area contributed by atoms with Crippen molar-refractivity contribution in [1.82, 2.24) is 9.97 Å². The zero-order valence-corrected chi connectivity index (χ0v) is 13.5. The van der Waals surface area contributed by atoms with Crippen LogP contribution in [0.5, 0.6) is 0 Å². The van der Waals surface area contributed by atoms with Crippen LogP contribution in [0.25, 0.3) is 10.9 Å². The lowest BCUT2D eigenvalue weighted by Crippen LogP contribution is -2.13. The maximum Gasteiger partial charge on any atom is 0.258 e. The van der Waals surface area contributed by atoms with Crippen molar-refractivity contribution < 1.29 is 0 Å². The minimum Gasteiger partial charge on any atom is -0.379 e. The van der Waals surface area contributed by atoms with Crippen molar-refractivity contribution in [2.75, 3.05) is 6.54 Å². The number of aliphatic imine (C=N–C) groups is 1. The molecular formula is C14H17ClN4OS. The van der Waals surface area contributed by atoms with Crippen LogP contribution in [0.15, 0.2) is 28.0 Å². The second-order valence-corrected chi connectivity index (χ2v) is 6.47. The van der Waals surface area contributed by atoms with E-state index in [9.17, 15) is 4.79 Å². The van der Waals surface area contributed by atoms with Crippen LogP contribution in [0.4, 0.5) is 0 Å². The molecule has 2 rings (SSSR count). The number of aromatic nitrogens is 2. The number of nitrogens with one attached hydrogen (secondary N) is 1. The van der Waals surface area contributed by atoms with E-state index in [0.29, 0.717) is 45.1 Å². The fourth-order valence-corrected chi connectivity index (χ4v) is 2.44. The van der Waals surface area contributed by atoms with E-state index < -0.39 is 0 Å². The Kier molecular flexibility index (Phi) is 5.25. The Morgan fingerprint density at radius 2 is 2.29 bits per heavy atom. The summed E-state index contributed by atoms with van der Waals surface area (Å²) in [5.41, 5.74) is 6.22. The minimum absolute atomic E-state index is 0.176. The van der Waals surface area contributed by atoms with E-state index in [2.05, 4.69) is 28.8 Å². The smallest absolute Gasteiger partial charge is 0.258 e. The summed E-state index contributed by atoms with van der Waals surface area (Å²) in [7, 11) is 0. The standard InChI is InChI=1S/C14H17ClN4OS/c1-8(2)6-17-14(16)21-7-12-18-11-5-9(15)3-4-10(11)13(20)19-12/h3-5,8H,6-7H2,1-2H3,(H2,16,17)(H,18,19,20). The topological polar surface area (TPSA) is 84.1 Å². The van der Waals surface area contributed by atoms with Crippen LogP contribution in [0.1, 0.15) is 19.7 Å². The highest BCUT2D eigenvalue weighted by Gasteiger charge is 2.06. The molecule has 5 nitrogen and oxygen atoms in total. The van der Waals surface area contributed by atoms with Gasteiger partial charge in [-0.2, -0.15) is 0 Å². The van der Waals surface area contributed by atoms with Gasteiger partial charge in [0.05, 0.1) is 16.7 Å². The third kappa shape index (κ3) is 4.47. The van der Waals surface area contributed by atoms with Crippen molar-refractivity contribution in [3.63, 3.8) is 0 Å². The van der Waals surface area contributed by atoms with Crippen molar-refractivity contribution in [3.8, 4) is 0 Å². The minimum atomic E-state index is -0.176. The largest absolute Gasteiger partial charge is 0.379 e. The van der Waals surface area contributed by atoms with Gasteiger partial charge in [-0.05, 0) is 24.1 Å². The van der Waals surface area contributed by atoms with Gasteiger partial charge in [0.1, 0.15) is 5.82 Å². The number of H-pyrrole nitrogens is 1. The molecule has 0 saturated carbocycles. The van der Waals surface area contributed by atoms with Gasteiger partial charge in [-0.1, -0.05) is 37.2 Å². The Hall–Kier alpha value is -1.53. The lowest BCUT2D eigenvalue weighted by molar-refractivity contribution is 0.666. The van der Waals surface area contributed by atoms with E-state index in [1.807, 2.05) is 0 Å². The molecule has 0 fully saturated rings. The van der Waals surface area contributed by atoms with E-state index >= 15 is 0 Å². The third-order valence-corrected chi connectivity index (χ3v) is 3.76. The van der Waals surface area contributed by atoms with E-state index in [0.717, 1.165) is 0 Å². The molecule has 1 aromatic heterocycles. The van der Waals surface area contributed by atoms with Crippen molar-refractivity contribution >= 4 is 39.4 Å². The fraction of sp³-hybridized carbons (Fsp3) is 0.357. The summed E-state index contributed by atoms with van der Waals surface area (Å²) in [5, 5.41) is 1.57. The molecule has 0 bridgehead atoms. The Balaban J connectivity index is 2.16. The molecule has 21 heavy (non-hydrogen) atoms. The average molecular weight is 325 g/mol. The normalized spacial score (nSPS) is 12.3. The summed E-state index contributed by atoms with van der Waals surface area (Å²) in [6.07, 6.45) is 0. The van der Waals surface area contributed by atoms with E-state index in [-0.39, 0.29) is 5.56 Å². The van der Waals surface area contributed by atoms with Crippen molar-refractivity contribution in [1.29, 1.82) is 0 Å². The lowest BCUT2D eigenvalue weighted by Gasteiger charge is -2.04.